The number of nitrogens with zero attached hydrogens (tertiary/aromatic N) is 2. The molecule has 0 aliphatic carbocycles. The average Bonchev–Trinajstić information content (AvgIpc) is 2.53. The van der Waals surface area contributed by atoms with Crippen molar-refractivity contribution in [2.75, 3.05) is 32.7 Å². The van der Waals surface area contributed by atoms with Gasteiger partial charge in [0, 0.05) is 32.6 Å². The lowest BCUT2D eigenvalue weighted by Crippen LogP contribution is -2.48. The van der Waals surface area contributed by atoms with Crippen LogP contribution < -0.4 is 0 Å². The molecule has 0 unspecified atom stereocenters. The first kappa shape index (κ1) is 16.0. The molecule has 3 heteroatoms. The van der Waals surface area contributed by atoms with Gasteiger partial charge in [0.15, 0.2) is 0 Å². The smallest absolute Gasteiger partial charge is 0.222 e. The number of unbranched alkanes of at least 4 members (excludes halogenated alkanes) is 1. The van der Waals surface area contributed by atoms with Crippen LogP contribution in [-0.2, 0) is 11.2 Å². The number of carbonyl (C=O) groups is 1. The van der Waals surface area contributed by atoms with Crippen LogP contribution in [0.2, 0.25) is 0 Å². The van der Waals surface area contributed by atoms with Gasteiger partial charge in [-0.2, -0.15) is 0 Å². The van der Waals surface area contributed by atoms with E-state index in [1.807, 2.05) is 4.90 Å². The summed E-state index contributed by atoms with van der Waals surface area (Å²) in [7, 11) is 0. The van der Waals surface area contributed by atoms with Gasteiger partial charge in [0.2, 0.25) is 5.91 Å². The number of aryl methyl sites for hydroxylation is 1. The summed E-state index contributed by atoms with van der Waals surface area (Å²) in [6.07, 6.45) is 5.34. The van der Waals surface area contributed by atoms with E-state index in [0.717, 1.165) is 32.6 Å². The summed E-state index contributed by atoms with van der Waals surface area (Å²) in [5, 5.41) is 0. The fourth-order valence-corrected chi connectivity index (χ4v) is 2.90. The number of hydrogen-bond donors (Lipinski definition) is 0. The third kappa shape index (κ3) is 5.50. The molecule has 0 atom stereocenters. The number of amides is 1. The van der Waals surface area contributed by atoms with Gasteiger partial charge in [-0.05, 0) is 37.8 Å². The third-order valence-electron chi connectivity index (χ3n) is 4.22. The SMILES string of the molecule is CCCC(=O)N1CCN(CCCCc2ccccc2)CC1. The van der Waals surface area contributed by atoms with E-state index in [-0.39, 0.29) is 0 Å². The van der Waals surface area contributed by atoms with Crippen LogP contribution in [0.4, 0.5) is 0 Å². The van der Waals surface area contributed by atoms with Crippen LogP contribution >= 0.6 is 0 Å². The molecule has 1 heterocycles. The first-order valence-corrected chi connectivity index (χ1v) is 8.33. The van der Waals surface area contributed by atoms with Crippen LogP contribution in [-0.4, -0.2) is 48.4 Å². The van der Waals surface area contributed by atoms with Gasteiger partial charge in [-0.15, -0.1) is 0 Å². The first-order chi connectivity index (χ1) is 10.3. The lowest BCUT2D eigenvalue weighted by atomic mass is 10.1. The molecule has 0 bridgehead atoms. The van der Waals surface area contributed by atoms with Crippen LogP contribution in [0.5, 0.6) is 0 Å². The van der Waals surface area contributed by atoms with E-state index in [1.54, 1.807) is 0 Å². The van der Waals surface area contributed by atoms with E-state index in [2.05, 4.69) is 42.2 Å². The van der Waals surface area contributed by atoms with E-state index < -0.39 is 0 Å². The maximum atomic E-state index is 11.8. The second-order valence-corrected chi connectivity index (χ2v) is 5.92. The standard InChI is InChI=1S/C18H28N2O/c1-2-8-18(21)20-15-13-19(14-16-20)12-7-6-11-17-9-4-3-5-10-17/h3-5,9-10H,2,6-8,11-16H2,1H3. The number of benzene rings is 1. The highest BCUT2D eigenvalue weighted by Gasteiger charge is 2.19. The largest absolute Gasteiger partial charge is 0.340 e. The van der Waals surface area contributed by atoms with Crippen molar-refractivity contribution >= 4 is 5.91 Å². The Morgan fingerprint density at radius 3 is 2.43 bits per heavy atom. The molecule has 0 saturated carbocycles. The first-order valence-electron chi connectivity index (χ1n) is 8.33. The number of piperazine rings is 1. The number of rotatable bonds is 7. The Kier molecular flexibility index (Phi) is 6.74. The zero-order chi connectivity index (χ0) is 14.9. The Morgan fingerprint density at radius 2 is 1.76 bits per heavy atom. The molecular weight excluding hydrogens is 260 g/mol. The summed E-state index contributed by atoms with van der Waals surface area (Å²) in [6, 6.07) is 10.7. The maximum absolute atomic E-state index is 11.8. The summed E-state index contributed by atoms with van der Waals surface area (Å²) in [4.78, 5) is 16.4. The third-order valence-corrected chi connectivity index (χ3v) is 4.22. The Bertz CT molecular complexity index is 410. The minimum atomic E-state index is 0.334. The van der Waals surface area contributed by atoms with Gasteiger partial charge in [-0.3, -0.25) is 9.69 Å². The van der Waals surface area contributed by atoms with Gasteiger partial charge in [0.05, 0.1) is 0 Å². The predicted octanol–water partition coefficient (Wildman–Crippen LogP) is 2.95. The zero-order valence-corrected chi connectivity index (χ0v) is 13.3. The van der Waals surface area contributed by atoms with Crippen LogP contribution in [0.1, 0.15) is 38.2 Å². The Hall–Kier alpha value is -1.35. The van der Waals surface area contributed by atoms with E-state index in [1.165, 1.54) is 31.4 Å². The van der Waals surface area contributed by atoms with E-state index >= 15 is 0 Å². The number of hydrogen-bond acceptors (Lipinski definition) is 2. The molecule has 1 fully saturated rings. The highest BCUT2D eigenvalue weighted by Crippen LogP contribution is 2.08. The monoisotopic (exact) mass is 288 g/mol. The maximum Gasteiger partial charge on any atom is 0.222 e. The molecule has 0 aromatic heterocycles. The van der Waals surface area contributed by atoms with Gasteiger partial charge in [0.25, 0.3) is 0 Å². The summed E-state index contributed by atoms with van der Waals surface area (Å²) >= 11 is 0. The molecule has 3 nitrogen and oxygen atoms in total. The lowest BCUT2D eigenvalue weighted by molar-refractivity contribution is -0.132. The van der Waals surface area contributed by atoms with Crippen molar-refractivity contribution in [3.05, 3.63) is 35.9 Å². The number of carbonyl (C=O) groups excluding carboxylic acids is 1. The lowest BCUT2D eigenvalue weighted by Gasteiger charge is -2.34. The molecule has 0 spiro atoms. The molecule has 0 radical (unpaired) electrons. The van der Waals surface area contributed by atoms with E-state index in [9.17, 15) is 4.79 Å². The molecule has 1 amide bonds. The van der Waals surface area contributed by atoms with Crippen molar-refractivity contribution < 1.29 is 4.79 Å². The topological polar surface area (TPSA) is 23.6 Å². The van der Waals surface area contributed by atoms with Gasteiger partial charge in [0.1, 0.15) is 0 Å². The minimum absolute atomic E-state index is 0.334. The zero-order valence-electron chi connectivity index (χ0n) is 13.3. The highest BCUT2D eigenvalue weighted by molar-refractivity contribution is 5.76. The molecule has 116 valence electrons. The van der Waals surface area contributed by atoms with Gasteiger partial charge in [-0.25, -0.2) is 0 Å². The summed E-state index contributed by atoms with van der Waals surface area (Å²) in [5.41, 5.74) is 1.44. The molecule has 1 aromatic carbocycles. The fourth-order valence-electron chi connectivity index (χ4n) is 2.90. The van der Waals surface area contributed by atoms with Crippen molar-refractivity contribution in [1.29, 1.82) is 0 Å². The molecule has 1 aliphatic rings. The van der Waals surface area contributed by atoms with Crippen LogP contribution in [0.3, 0.4) is 0 Å². The van der Waals surface area contributed by atoms with Crippen molar-refractivity contribution in [2.45, 2.75) is 39.0 Å². The van der Waals surface area contributed by atoms with Gasteiger partial charge in [-0.1, -0.05) is 37.3 Å². The van der Waals surface area contributed by atoms with Crippen LogP contribution in [0.25, 0.3) is 0 Å². The molecule has 1 aromatic rings. The molecule has 1 aliphatic heterocycles. The Labute approximate surface area is 128 Å². The van der Waals surface area contributed by atoms with Crippen molar-refractivity contribution in [3.8, 4) is 0 Å². The summed E-state index contributed by atoms with van der Waals surface area (Å²) < 4.78 is 0. The quantitative estimate of drug-likeness (QED) is 0.720. The molecule has 1 saturated heterocycles. The second-order valence-electron chi connectivity index (χ2n) is 5.92. The van der Waals surface area contributed by atoms with Crippen LogP contribution in [0.15, 0.2) is 30.3 Å². The van der Waals surface area contributed by atoms with E-state index in [0.29, 0.717) is 12.3 Å². The normalized spacial score (nSPS) is 16.1. The predicted molar refractivity (Wildman–Crippen MR) is 87.3 cm³/mol. The molecule has 2 rings (SSSR count). The van der Waals surface area contributed by atoms with Crippen molar-refractivity contribution in [3.63, 3.8) is 0 Å². The van der Waals surface area contributed by atoms with Gasteiger partial charge >= 0.3 is 0 Å². The van der Waals surface area contributed by atoms with E-state index in [4.69, 9.17) is 0 Å². The van der Waals surface area contributed by atoms with Gasteiger partial charge < -0.3 is 4.90 Å². The van der Waals surface area contributed by atoms with Crippen molar-refractivity contribution in [2.24, 2.45) is 0 Å². The Morgan fingerprint density at radius 1 is 1.05 bits per heavy atom. The minimum Gasteiger partial charge on any atom is -0.340 e. The molecule has 0 N–H and O–H groups in total. The molecular formula is C18H28N2O. The Balaban J connectivity index is 1.58. The highest BCUT2D eigenvalue weighted by atomic mass is 16.2. The fraction of sp³-hybridized carbons (Fsp3) is 0.611. The molecule has 21 heavy (non-hydrogen) atoms. The summed E-state index contributed by atoms with van der Waals surface area (Å²) in [5.74, 6) is 0.334. The second kappa shape index (κ2) is 8.83. The van der Waals surface area contributed by atoms with Crippen LogP contribution in [0, 0.1) is 0 Å². The average molecular weight is 288 g/mol. The summed E-state index contributed by atoms with van der Waals surface area (Å²) in [6.45, 7) is 7.15. The van der Waals surface area contributed by atoms with Crippen molar-refractivity contribution in [1.82, 2.24) is 9.80 Å².